The topological polar surface area (TPSA) is 83.1 Å². The lowest BCUT2D eigenvalue weighted by molar-refractivity contribution is -0.169. The minimum absolute atomic E-state index is 0.0527. The predicted molar refractivity (Wildman–Crippen MR) is 106 cm³/mol. The second-order valence-corrected chi connectivity index (χ2v) is 6.33. The average molecular weight is 425 g/mol. The molecule has 1 saturated heterocycles. The van der Waals surface area contributed by atoms with Gasteiger partial charge in [-0.25, -0.2) is 0 Å². The third-order valence-corrected chi connectivity index (χ3v) is 3.96. The maximum absolute atomic E-state index is 5.58. The molecule has 1 unspecified atom stereocenters. The quantitative estimate of drug-likeness (QED) is 0.239. The van der Waals surface area contributed by atoms with E-state index in [1.54, 1.807) is 7.11 Å². The van der Waals surface area contributed by atoms with E-state index in [2.05, 4.69) is 0 Å². The molecule has 1 aliphatic heterocycles. The average Bonchev–Trinajstić information content (AvgIpc) is 2.75. The van der Waals surface area contributed by atoms with Crippen LogP contribution in [0.15, 0.2) is 0 Å². The fraction of sp³-hybridized carbons (Fsp3) is 1.00. The van der Waals surface area contributed by atoms with Crippen LogP contribution >= 0.6 is 0 Å². The summed E-state index contributed by atoms with van der Waals surface area (Å²) in [5.41, 5.74) is 0. The van der Waals surface area contributed by atoms with E-state index in [-0.39, 0.29) is 6.29 Å². The highest BCUT2D eigenvalue weighted by molar-refractivity contribution is 4.53. The van der Waals surface area contributed by atoms with Gasteiger partial charge < -0.3 is 42.6 Å². The zero-order chi connectivity index (χ0) is 20.7. The van der Waals surface area contributed by atoms with Gasteiger partial charge in [0.05, 0.1) is 92.5 Å². The fourth-order valence-electron chi connectivity index (χ4n) is 2.42. The van der Waals surface area contributed by atoms with Crippen LogP contribution in [0.1, 0.15) is 19.3 Å². The molecular weight excluding hydrogens is 384 g/mol. The Kier molecular flexibility index (Phi) is 20.5. The van der Waals surface area contributed by atoms with Crippen LogP contribution in [-0.2, 0) is 42.6 Å². The first-order chi connectivity index (χ1) is 14.4. The lowest BCUT2D eigenvalue weighted by Crippen LogP contribution is -2.24. The molecule has 0 N–H and O–H groups in total. The highest BCUT2D eigenvalue weighted by atomic mass is 16.7. The van der Waals surface area contributed by atoms with Crippen molar-refractivity contribution in [1.82, 2.24) is 0 Å². The Hall–Kier alpha value is -0.360. The van der Waals surface area contributed by atoms with E-state index in [0.29, 0.717) is 92.5 Å². The molecule has 29 heavy (non-hydrogen) atoms. The second-order valence-electron chi connectivity index (χ2n) is 6.33. The Morgan fingerprint density at radius 3 is 1.34 bits per heavy atom. The summed E-state index contributed by atoms with van der Waals surface area (Å²) in [5.74, 6) is 0. The van der Waals surface area contributed by atoms with Crippen molar-refractivity contribution in [1.29, 1.82) is 0 Å². The molecule has 0 amide bonds. The van der Waals surface area contributed by atoms with Gasteiger partial charge in [-0.05, 0) is 19.3 Å². The van der Waals surface area contributed by atoms with Gasteiger partial charge in [0.15, 0.2) is 6.29 Å². The molecule has 174 valence electrons. The Balaban J connectivity index is 1.63. The van der Waals surface area contributed by atoms with Crippen molar-refractivity contribution in [2.75, 3.05) is 106 Å². The van der Waals surface area contributed by atoms with Crippen LogP contribution in [0.2, 0.25) is 0 Å². The summed E-state index contributed by atoms with van der Waals surface area (Å²) in [7, 11) is 1.65. The van der Waals surface area contributed by atoms with Crippen LogP contribution < -0.4 is 0 Å². The molecule has 0 radical (unpaired) electrons. The van der Waals surface area contributed by atoms with Crippen molar-refractivity contribution in [3.63, 3.8) is 0 Å². The third kappa shape index (κ3) is 19.4. The molecule has 0 aromatic carbocycles. The molecule has 9 nitrogen and oxygen atoms in total. The Morgan fingerprint density at radius 2 is 0.966 bits per heavy atom. The molecule has 1 rings (SSSR count). The van der Waals surface area contributed by atoms with E-state index in [4.69, 9.17) is 42.6 Å². The first kappa shape index (κ1) is 26.7. The van der Waals surface area contributed by atoms with Gasteiger partial charge >= 0.3 is 0 Å². The molecule has 0 saturated carbocycles. The van der Waals surface area contributed by atoms with Crippen molar-refractivity contribution >= 4 is 0 Å². The van der Waals surface area contributed by atoms with Crippen molar-refractivity contribution in [2.45, 2.75) is 25.6 Å². The highest BCUT2D eigenvalue weighted by Crippen LogP contribution is 2.13. The SMILES string of the molecule is COCCOCCOCCOCCOCCOCCOCCOC1CCCCO1. The number of ether oxygens (including phenoxy) is 9. The first-order valence-corrected chi connectivity index (χ1v) is 10.6. The molecule has 1 fully saturated rings. The van der Waals surface area contributed by atoms with Gasteiger partial charge in [0, 0.05) is 13.7 Å². The molecule has 0 aliphatic carbocycles. The van der Waals surface area contributed by atoms with Crippen molar-refractivity contribution in [3.05, 3.63) is 0 Å². The molecular formula is C20H40O9. The molecule has 9 heteroatoms. The molecule has 0 spiro atoms. The van der Waals surface area contributed by atoms with E-state index in [1.165, 1.54) is 6.42 Å². The Bertz CT molecular complexity index is 314. The van der Waals surface area contributed by atoms with Crippen LogP contribution in [0.5, 0.6) is 0 Å². The predicted octanol–water partition coefficient (Wildman–Crippen LogP) is 1.28. The molecule has 0 aromatic rings. The molecule has 1 atom stereocenters. The molecule has 0 aromatic heterocycles. The summed E-state index contributed by atoms with van der Waals surface area (Å²) in [4.78, 5) is 0. The largest absolute Gasteiger partial charge is 0.382 e. The van der Waals surface area contributed by atoms with Gasteiger partial charge in [-0.15, -0.1) is 0 Å². The third-order valence-electron chi connectivity index (χ3n) is 3.96. The van der Waals surface area contributed by atoms with E-state index in [1.807, 2.05) is 0 Å². The lowest BCUT2D eigenvalue weighted by atomic mass is 10.2. The highest BCUT2D eigenvalue weighted by Gasteiger charge is 2.13. The van der Waals surface area contributed by atoms with E-state index in [9.17, 15) is 0 Å². The maximum atomic E-state index is 5.58. The smallest absolute Gasteiger partial charge is 0.157 e. The van der Waals surface area contributed by atoms with Crippen LogP contribution in [0.4, 0.5) is 0 Å². The van der Waals surface area contributed by atoms with E-state index < -0.39 is 0 Å². The fourth-order valence-corrected chi connectivity index (χ4v) is 2.42. The first-order valence-electron chi connectivity index (χ1n) is 10.6. The molecule has 1 heterocycles. The summed E-state index contributed by atoms with van der Waals surface area (Å²) in [6, 6.07) is 0. The minimum Gasteiger partial charge on any atom is -0.382 e. The molecule has 1 aliphatic rings. The van der Waals surface area contributed by atoms with Crippen molar-refractivity contribution in [2.24, 2.45) is 0 Å². The number of hydrogen-bond donors (Lipinski definition) is 0. The lowest BCUT2D eigenvalue weighted by Gasteiger charge is -2.22. The van der Waals surface area contributed by atoms with Gasteiger partial charge in [-0.1, -0.05) is 0 Å². The van der Waals surface area contributed by atoms with Crippen molar-refractivity contribution < 1.29 is 42.6 Å². The van der Waals surface area contributed by atoms with Gasteiger partial charge in [0.2, 0.25) is 0 Å². The Morgan fingerprint density at radius 1 is 0.552 bits per heavy atom. The minimum atomic E-state index is -0.0527. The van der Waals surface area contributed by atoms with Crippen LogP contribution in [0.3, 0.4) is 0 Å². The summed E-state index contributed by atoms with van der Waals surface area (Å²) in [5, 5.41) is 0. The van der Waals surface area contributed by atoms with E-state index >= 15 is 0 Å². The van der Waals surface area contributed by atoms with Crippen molar-refractivity contribution in [3.8, 4) is 0 Å². The van der Waals surface area contributed by atoms with Crippen LogP contribution in [-0.4, -0.2) is 113 Å². The number of rotatable bonds is 22. The Labute approximate surface area is 175 Å². The number of methoxy groups -OCH3 is 1. The van der Waals surface area contributed by atoms with Gasteiger partial charge in [0.1, 0.15) is 0 Å². The van der Waals surface area contributed by atoms with Gasteiger partial charge in [-0.3, -0.25) is 0 Å². The summed E-state index contributed by atoms with van der Waals surface area (Å²) < 4.78 is 48.3. The standard InChI is InChI=1S/C20H40O9/c1-21-6-7-22-8-9-23-10-11-24-12-13-25-14-15-26-16-17-27-18-19-29-20-4-2-3-5-28-20/h20H,2-19H2,1H3. The summed E-state index contributed by atoms with van der Waals surface area (Å²) >= 11 is 0. The number of hydrogen-bond acceptors (Lipinski definition) is 9. The monoisotopic (exact) mass is 424 g/mol. The zero-order valence-electron chi connectivity index (χ0n) is 18.0. The van der Waals surface area contributed by atoms with Crippen LogP contribution in [0, 0.1) is 0 Å². The summed E-state index contributed by atoms with van der Waals surface area (Å²) in [6.07, 6.45) is 3.23. The van der Waals surface area contributed by atoms with Gasteiger partial charge in [-0.2, -0.15) is 0 Å². The second kappa shape index (κ2) is 22.3. The normalized spacial score (nSPS) is 17.1. The van der Waals surface area contributed by atoms with E-state index in [0.717, 1.165) is 19.4 Å². The van der Waals surface area contributed by atoms with Crippen LogP contribution in [0.25, 0.3) is 0 Å². The maximum Gasteiger partial charge on any atom is 0.157 e. The zero-order valence-corrected chi connectivity index (χ0v) is 18.0. The molecule has 0 bridgehead atoms. The summed E-state index contributed by atoms with van der Waals surface area (Å²) in [6.45, 7) is 8.61. The van der Waals surface area contributed by atoms with Gasteiger partial charge in [0.25, 0.3) is 0 Å².